The zero-order chi connectivity index (χ0) is 30.9. The summed E-state index contributed by atoms with van der Waals surface area (Å²) in [6.07, 6.45) is 10.9. The Balaban J connectivity index is 1.63. The lowest BCUT2D eigenvalue weighted by atomic mass is 10.1. The van der Waals surface area contributed by atoms with Gasteiger partial charge in [-0.2, -0.15) is 0 Å². The van der Waals surface area contributed by atoms with E-state index in [2.05, 4.69) is 45.0 Å². The molecule has 0 aliphatic rings. The Bertz CT molecular complexity index is 1250. The van der Waals surface area contributed by atoms with Gasteiger partial charge in [-0.05, 0) is 57.7 Å². The second-order valence-electron chi connectivity index (χ2n) is 11.4. The molecule has 1 aromatic carbocycles. The van der Waals surface area contributed by atoms with Gasteiger partial charge in [0.15, 0.2) is 5.82 Å². The average Bonchev–Trinajstić information content (AvgIpc) is 3.38. The zero-order valence-corrected chi connectivity index (χ0v) is 26.5. The van der Waals surface area contributed by atoms with Crippen molar-refractivity contribution in [2.24, 2.45) is 5.73 Å². The minimum absolute atomic E-state index is 0.0505. The second-order valence-corrected chi connectivity index (χ2v) is 11.4. The van der Waals surface area contributed by atoms with Crippen molar-refractivity contribution in [3.05, 3.63) is 30.1 Å². The number of imidazole rings is 1. The highest BCUT2D eigenvalue weighted by molar-refractivity contribution is 6.06. The van der Waals surface area contributed by atoms with Crippen LogP contribution >= 0.6 is 0 Å². The first-order valence-corrected chi connectivity index (χ1v) is 16.5. The van der Waals surface area contributed by atoms with Crippen LogP contribution in [0.2, 0.25) is 0 Å². The predicted molar refractivity (Wildman–Crippen MR) is 177 cm³/mol. The number of rotatable bonds is 22. The number of carbonyl (C=O) groups excluding carboxylic acids is 2. The molecule has 238 valence electrons. The third kappa shape index (κ3) is 11.1. The lowest BCUT2D eigenvalue weighted by molar-refractivity contribution is -0.121. The summed E-state index contributed by atoms with van der Waals surface area (Å²) in [7, 11) is 0. The first kappa shape index (κ1) is 34.3. The number of para-hydroxylation sites is 1. The molecule has 2 heterocycles. The van der Waals surface area contributed by atoms with Crippen LogP contribution in [-0.2, 0) is 22.6 Å². The number of anilines is 1. The summed E-state index contributed by atoms with van der Waals surface area (Å²) in [6.45, 7) is 9.30. The van der Waals surface area contributed by atoms with Gasteiger partial charge in [0.2, 0.25) is 11.8 Å². The van der Waals surface area contributed by atoms with E-state index in [0.29, 0.717) is 44.8 Å². The summed E-state index contributed by atoms with van der Waals surface area (Å²) < 4.78 is 2.34. The molecule has 0 aliphatic heterocycles. The Morgan fingerprint density at radius 1 is 0.837 bits per heavy atom. The van der Waals surface area contributed by atoms with Crippen molar-refractivity contribution in [2.75, 3.05) is 45.0 Å². The van der Waals surface area contributed by atoms with Crippen molar-refractivity contribution in [3.8, 4) is 0 Å². The van der Waals surface area contributed by atoms with Gasteiger partial charge in [-0.15, -0.1) is 0 Å². The van der Waals surface area contributed by atoms with E-state index in [0.717, 1.165) is 112 Å². The molecule has 0 radical (unpaired) electrons. The fourth-order valence-electron chi connectivity index (χ4n) is 5.41. The molecule has 0 aliphatic carbocycles. The summed E-state index contributed by atoms with van der Waals surface area (Å²) in [5.41, 5.74) is 14.7. The van der Waals surface area contributed by atoms with Gasteiger partial charge >= 0.3 is 0 Å². The number of fused-ring (bicyclic) bond motifs is 3. The molecule has 2 amide bonds. The van der Waals surface area contributed by atoms with E-state index in [1.54, 1.807) is 0 Å². The van der Waals surface area contributed by atoms with Gasteiger partial charge in [-0.1, -0.05) is 51.3 Å². The van der Waals surface area contributed by atoms with Crippen LogP contribution in [0.1, 0.15) is 90.3 Å². The van der Waals surface area contributed by atoms with Gasteiger partial charge in [0.25, 0.3) is 0 Å². The average molecular weight is 595 g/mol. The largest absolute Gasteiger partial charge is 0.382 e. The van der Waals surface area contributed by atoms with Crippen LogP contribution in [0, 0.1) is 0 Å². The Morgan fingerprint density at radius 3 is 2.19 bits per heavy atom. The highest BCUT2D eigenvalue weighted by Gasteiger charge is 2.17. The molecular formula is C33H54N8O2. The Labute approximate surface area is 257 Å². The summed E-state index contributed by atoms with van der Waals surface area (Å²) in [5, 5.41) is 7.11. The van der Waals surface area contributed by atoms with Gasteiger partial charge in [0.1, 0.15) is 11.3 Å². The minimum Gasteiger partial charge on any atom is -0.382 e. The third-order valence-corrected chi connectivity index (χ3v) is 7.92. The number of benzene rings is 1. The van der Waals surface area contributed by atoms with Crippen LogP contribution in [0.15, 0.2) is 24.3 Å². The summed E-state index contributed by atoms with van der Waals surface area (Å²) in [5.74, 6) is 1.67. The van der Waals surface area contributed by atoms with Gasteiger partial charge in [0, 0.05) is 57.4 Å². The van der Waals surface area contributed by atoms with Crippen molar-refractivity contribution < 1.29 is 9.59 Å². The number of amides is 2. The van der Waals surface area contributed by atoms with Gasteiger partial charge in [-0.3, -0.25) is 9.59 Å². The molecule has 0 saturated heterocycles. The maximum Gasteiger partial charge on any atom is 0.221 e. The number of pyridine rings is 1. The first-order chi connectivity index (χ1) is 21.0. The fraction of sp³-hybridized carbons (Fsp3) is 0.636. The second kappa shape index (κ2) is 19.1. The Kier molecular flexibility index (Phi) is 15.2. The van der Waals surface area contributed by atoms with E-state index in [1.807, 2.05) is 18.2 Å². The van der Waals surface area contributed by atoms with Crippen molar-refractivity contribution in [3.63, 3.8) is 0 Å². The topological polar surface area (TPSA) is 144 Å². The SMILES string of the molecule is CCCCCNC(=O)CCN(CCCCn1c(CCCC)nc2c(N)nc3ccccc3c21)CCC(=O)NCCCCN. The molecule has 10 heteroatoms. The number of aromatic nitrogens is 3. The summed E-state index contributed by atoms with van der Waals surface area (Å²) >= 11 is 0. The van der Waals surface area contributed by atoms with Crippen molar-refractivity contribution in [1.29, 1.82) is 0 Å². The van der Waals surface area contributed by atoms with Crippen LogP contribution in [0.3, 0.4) is 0 Å². The molecule has 0 saturated carbocycles. The van der Waals surface area contributed by atoms with Crippen molar-refractivity contribution in [2.45, 2.75) is 97.4 Å². The molecule has 0 fully saturated rings. The molecule has 0 spiro atoms. The van der Waals surface area contributed by atoms with Crippen molar-refractivity contribution >= 4 is 39.6 Å². The smallest absolute Gasteiger partial charge is 0.221 e. The van der Waals surface area contributed by atoms with Crippen molar-refractivity contribution in [1.82, 2.24) is 30.1 Å². The Morgan fingerprint density at radius 2 is 1.51 bits per heavy atom. The van der Waals surface area contributed by atoms with Crippen LogP contribution in [0.4, 0.5) is 5.82 Å². The number of unbranched alkanes of at least 4 members (excludes halogenated alkanes) is 5. The number of nitrogen functional groups attached to an aromatic ring is 1. The Hall–Kier alpha value is -3.24. The van der Waals surface area contributed by atoms with E-state index in [9.17, 15) is 9.59 Å². The fourth-order valence-corrected chi connectivity index (χ4v) is 5.41. The predicted octanol–water partition coefficient (Wildman–Crippen LogP) is 4.53. The number of nitrogens with one attached hydrogen (secondary N) is 2. The highest BCUT2D eigenvalue weighted by atomic mass is 16.2. The zero-order valence-electron chi connectivity index (χ0n) is 26.5. The molecule has 6 N–H and O–H groups in total. The molecule has 0 atom stereocenters. The van der Waals surface area contributed by atoms with Crippen LogP contribution in [0.25, 0.3) is 21.9 Å². The standard InChI is InChI=1S/C33H54N8O2/c1-3-5-10-20-36-29(42)17-24-40(25-18-30(43)37-21-11-9-19-34)22-12-13-23-41-28(16-6-4-2)39-31-32(41)26-14-7-8-15-27(26)38-33(31)35/h7-8,14-15H,3-6,9-13,16-25,34H2,1-2H3,(H2,35,38)(H,36,42)(H,37,43). The van der Waals surface area contributed by atoms with Gasteiger partial charge < -0.3 is 31.6 Å². The van der Waals surface area contributed by atoms with Crippen LogP contribution in [-0.4, -0.2) is 70.5 Å². The van der Waals surface area contributed by atoms with Crippen LogP contribution < -0.4 is 22.1 Å². The number of nitrogens with zero attached hydrogens (tertiary/aromatic N) is 4. The quantitative estimate of drug-likeness (QED) is 0.125. The van der Waals surface area contributed by atoms with Crippen LogP contribution in [0.5, 0.6) is 0 Å². The molecule has 0 unspecified atom stereocenters. The minimum atomic E-state index is 0.0505. The molecule has 2 aromatic heterocycles. The lowest BCUT2D eigenvalue weighted by Crippen LogP contribution is -2.35. The highest BCUT2D eigenvalue weighted by Crippen LogP contribution is 2.29. The first-order valence-electron chi connectivity index (χ1n) is 16.5. The number of nitrogens with two attached hydrogens (primary N) is 2. The summed E-state index contributed by atoms with van der Waals surface area (Å²) in [4.78, 5) is 36.7. The normalized spacial score (nSPS) is 11.5. The van der Waals surface area contributed by atoms with E-state index < -0.39 is 0 Å². The third-order valence-electron chi connectivity index (χ3n) is 7.92. The maximum atomic E-state index is 12.5. The van der Waals surface area contributed by atoms with Gasteiger partial charge in [-0.25, -0.2) is 9.97 Å². The lowest BCUT2D eigenvalue weighted by Gasteiger charge is -2.22. The van der Waals surface area contributed by atoms with E-state index in [4.69, 9.17) is 16.5 Å². The van der Waals surface area contributed by atoms with E-state index >= 15 is 0 Å². The molecule has 43 heavy (non-hydrogen) atoms. The molecule has 0 bridgehead atoms. The molecular weight excluding hydrogens is 540 g/mol. The van der Waals surface area contributed by atoms with E-state index in [1.165, 1.54) is 0 Å². The number of hydrogen-bond donors (Lipinski definition) is 4. The molecule has 10 nitrogen and oxygen atoms in total. The molecule has 3 aromatic rings. The van der Waals surface area contributed by atoms with Gasteiger partial charge in [0.05, 0.1) is 11.0 Å². The monoisotopic (exact) mass is 594 g/mol. The molecule has 3 rings (SSSR count). The summed E-state index contributed by atoms with van der Waals surface area (Å²) in [6, 6.07) is 8.12. The van der Waals surface area contributed by atoms with E-state index in [-0.39, 0.29) is 11.8 Å². The maximum absolute atomic E-state index is 12.5. The number of hydrogen-bond acceptors (Lipinski definition) is 7. The number of carbonyl (C=O) groups is 2. The number of aryl methyl sites for hydroxylation is 2.